The molecule has 0 N–H and O–H groups in total. The van der Waals surface area contributed by atoms with Crippen molar-refractivity contribution in [1.82, 2.24) is 4.90 Å². The minimum atomic E-state index is -0.899. The van der Waals surface area contributed by atoms with Gasteiger partial charge >= 0.3 is 0 Å². The van der Waals surface area contributed by atoms with Crippen molar-refractivity contribution in [3.05, 3.63) is 29.3 Å². The van der Waals surface area contributed by atoms with Gasteiger partial charge in [0.25, 0.3) is 11.8 Å². The van der Waals surface area contributed by atoms with E-state index in [0.29, 0.717) is 23.7 Å². The van der Waals surface area contributed by atoms with Crippen LogP contribution in [0.3, 0.4) is 0 Å². The van der Waals surface area contributed by atoms with Crippen LogP contribution >= 0.6 is 0 Å². The number of aldehydes is 2. The van der Waals surface area contributed by atoms with Gasteiger partial charge in [0.15, 0.2) is 0 Å². The van der Waals surface area contributed by atoms with Gasteiger partial charge in [-0.05, 0) is 38.5 Å². The Morgan fingerprint density at radius 1 is 1.09 bits per heavy atom. The second-order valence-corrected chi connectivity index (χ2v) is 5.33. The van der Waals surface area contributed by atoms with E-state index in [1.165, 1.54) is 0 Å². The van der Waals surface area contributed by atoms with E-state index < -0.39 is 17.9 Å². The smallest absolute Gasteiger partial charge is 0.262 e. The predicted molar refractivity (Wildman–Crippen MR) is 85.7 cm³/mol. The largest absolute Gasteiger partial charge is 0.372 e. The third-order valence-corrected chi connectivity index (χ3v) is 4.10. The Morgan fingerprint density at radius 3 is 2.30 bits per heavy atom. The second kappa shape index (κ2) is 7.17. The molecule has 23 heavy (non-hydrogen) atoms. The lowest BCUT2D eigenvalue weighted by molar-refractivity contribution is -0.112. The summed E-state index contributed by atoms with van der Waals surface area (Å²) in [5.41, 5.74) is 1.49. The van der Waals surface area contributed by atoms with Crippen molar-refractivity contribution in [3.8, 4) is 0 Å². The van der Waals surface area contributed by atoms with Crippen molar-refractivity contribution in [1.29, 1.82) is 0 Å². The van der Waals surface area contributed by atoms with Crippen LogP contribution in [0, 0.1) is 0 Å². The Morgan fingerprint density at radius 2 is 1.74 bits per heavy atom. The van der Waals surface area contributed by atoms with Gasteiger partial charge in [-0.3, -0.25) is 14.5 Å². The van der Waals surface area contributed by atoms with Crippen LogP contribution < -0.4 is 4.90 Å². The van der Waals surface area contributed by atoms with Gasteiger partial charge in [-0.2, -0.15) is 0 Å². The zero-order valence-electron chi connectivity index (χ0n) is 13.3. The summed E-state index contributed by atoms with van der Waals surface area (Å²) >= 11 is 0. The highest BCUT2D eigenvalue weighted by Crippen LogP contribution is 2.29. The Hall–Kier alpha value is -2.50. The number of hydrogen-bond acceptors (Lipinski definition) is 5. The standard InChI is InChI=1S/C17H20N2O4/c1-3-18(4-2)12-7-8-14-15(10-12)17(23)19(16(14)22)13(11-21)6-5-9-20/h7-11,13H,3-6H2,1-2H3. The predicted octanol–water partition coefficient (Wildman–Crippen LogP) is 1.68. The molecule has 1 aromatic carbocycles. The van der Waals surface area contributed by atoms with Gasteiger partial charge in [0, 0.05) is 25.2 Å². The zero-order chi connectivity index (χ0) is 17.0. The first kappa shape index (κ1) is 16.9. The molecular weight excluding hydrogens is 296 g/mol. The zero-order valence-corrected chi connectivity index (χ0v) is 13.3. The molecule has 0 saturated heterocycles. The molecule has 0 aromatic heterocycles. The molecule has 6 nitrogen and oxygen atoms in total. The lowest BCUT2D eigenvalue weighted by Crippen LogP contribution is -2.40. The van der Waals surface area contributed by atoms with Gasteiger partial charge in [-0.25, -0.2) is 0 Å². The fourth-order valence-corrected chi connectivity index (χ4v) is 2.83. The maximum atomic E-state index is 12.6. The van der Waals surface area contributed by atoms with E-state index in [2.05, 4.69) is 4.90 Å². The van der Waals surface area contributed by atoms with Gasteiger partial charge in [0.2, 0.25) is 0 Å². The molecule has 6 heteroatoms. The van der Waals surface area contributed by atoms with Crippen molar-refractivity contribution in [2.24, 2.45) is 0 Å². The number of carbonyl (C=O) groups excluding carboxylic acids is 4. The second-order valence-electron chi connectivity index (χ2n) is 5.33. The van der Waals surface area contributed by atoms with Crippen molar-refractivity contribution < 1.29 is 19.2 Å². The van der Waals surface area contributed by atoms with Crippen molar-refractivity contribution >= 4 is 30.1 Å². The number of rotatable bonds is 8. The molecule has 0 bridgehead atoms. The van der Waals surface area contributed by atoms with Crippen LogP contribution in [0.4, 0.5) is 5.69 Å². The van der Waals surface area contributed by atoms with Gasteiger partial charge in [-0.1, -0.05) is 0 Å². The Labute approximate surface area is 135 Å². The van der Waals surface area contributed by atoms with Crippen LogP contribution in [-0.2, 0) is 9.59 Å². The number of anilines is 1. The van der Waals surface area contributed by atoms with E-state index in [4.69, 9.17) is 0 Å². The number of hydrogen-bond donors (Lipinski definition) is 0. The molecule has 0 saturated carbocycles. The first-order chi connectivity index (χ1) is 11.1. The summed E-state index contributed by atoms with van der Waals surface area (Å²) in [6.07, 6.45) is 1.51. The Kier molecular flexibility index (Phi) is 5.26. The molecule has 0 spiro atoms. The van der Waals surface area contributed by atoms with E-state index in [9.17, 15) is 19.2 Å². The summed E-state index contributed by atoms with van der Waals surface area (Å²) in [5, 5.41) is 0. The summed E-state index contributed by atoms with van der Waals surface area (Å²) in [6.45, 7) is 5.60. The molecule has 1 atom stereocenters. The first-order valence-corrected chi connectivity index (χ1v) is 7.74. The molecule has 0 radical (unpaired) electrons. The van der Waals surface area contributed by atoms with Gasteiger partial charge in [-0.15, -0.1) is 0 Å². The van der Waals surface area contributed by atoms with Crippen molar-refractivity contribution in [2.45, 2.75) is 32.7 Å². The molecule has 2 rings (SSSR count). The minimum absolute atomic E-state index is 0.126. The normalized spacial score (nSPS) is 14.6. The molecule has 2 amide bonds. The molecule has 122 valence electrons. The quantitative estimate of drug-likeness (QED) is 0.539. The molecule has 0 aliphatic carbocycles. The number of amides is 2. The molecular formula is C17H20N2O4. The molecule has 0 fully saturated rings. The summed E-state index contributed by atoms with van der Waals surface area (Å²) in [7, 11) is 0. The maximum Gasteiger partial charge on any atom is 0.262 e. The number of carbonyl (C=O) groups is 4. The van der Waals surface area contributed by atoms with Crippen LogP contribution in [0.2, 0.25) is 0 Å². The van der Waals surface area contributed by atoms with Crippen LogP contribution in [0.15, 0.2) is 18.2 Å². The molecule has 1 aromatic rings. The lowest BCUT2D eigenvalue weighted by atomic mass is 10.1. The van der Waals surface area contributed by atoms with Gasteiger partial charge < -0.3 is 14.5 Å². The third-order valence-electron chi connectivity index (χ3n) is 4.10. The van der Waals surface area contributed by atoms with E-state index in [1.54, 1.807) is 12.1 Å². The van der Waals surface area contributed by atoms with Crippen LogP contribution in [-0.4, -0.2) is 48.4 Å². The number of nitrogens with zero attached hydrogens (tertiary/aromatic N) is 2. The maximum absolute atomic E-state index is 12.6. The molecule has 1 unspecified atom stereocenters. The van der Waals surface area contributed by atoms with E-state index in [0.717, 1.165) is 23.7 Å². The Bertz CT molecular complexity index is 637. The van der Waals surface area contributed by atoms with E-state index in [-0.39, 0.29) is 12.8 Å². The third kappa shape index (κ3) is 3.02. The SMILES string of the molecule is CCN(CC)c1ccc2c(c1)C(=O)N(C(C=O)CCC=O)C2=O. The number of imide groups is 1. The monoisotopic (exact) mass is 316 g/mol. The van der Waals surface area contributed by atoms with Crippen LogP contribution in [0.5, 0.6) is 0 Å². The Balaban J connectivity index is 2.36. The van der Waals surface area contributed by atoms with E-state index >= 15 is 0 Å². The summed E-state index contributed by atoms with van der Waals surface area (Å²) in [5.74, 6) is -0.943. The van der Waals surface area contributed by atoms with Crippen LogP contribution in [0.1, 0.15) is 47.4 Å². The molecule has 1 aliphatic heterocycles. The van der Waals surface area contributed by atoms with Gasteiger partial charge in [0.05, 0.1) is 17.2 Å². The van der Waals surface area contributed by atoms with Crippen molar-refractivity contribution in [3.63, 3.8) is 0 Å². The summed E-state index contributed by atoms with van der Waals surface area (Å²) in [4.78, 5) is 49.8. The highest BCUT2D eigenvalue weighted by molar-refractivity contribution is 6.22. The van der Waals surface area contributed by atoms with Crippen LogP contribution in [0.25, 0.3) is 0 Å². The average molecular weight is 316 g/mol. The highest BCUT2D eigenvalue weighted by atomic mass is 16.2. The van der Waals surface area contributed by atoms with E-state index in [1.807, 2.05) is 19.9 Å². The van der Waals surface area contributed by atoms with Gasteiger partial charge in [0.1, 0.15) is 12.6 Å². The fraction of sp³-hybridized carbons (Fsp3) is 0.412. The highest BCUT2D eigenvalue weighted by Gasteiger charge is 2.40. The summed E-state index contributed by atoms with van der Waals surface area (Å²) in [6, 6.07) is 4.24. The summed E-state index contributed by atoms with van der Waals surface area (Å²) < 4.78 is 0. The number of benzene rings is 1. The average Bonchev–Trinajstić information content (AvgIpc) is 2.81. The number of fused-ring (bicyclic) bond motifs is 1. The minimum Gasteiger partial charge on any atom is -0.372 e. The molecule has 1 aliphatic rings. The topological polar surface area (TPSA) is 74.8 Å². The fourth-order valence-electron chi connectivity index (χ4n) is 2.83. The lowest BCUT2D eigenvalue weighted by Gasteiger charge is -2.21. The molecule has 1 heterocycles. The van der Waals surface area contributed by atoms with Crippen molar-refractivity contribution in [2.75, 3.05) is 18.0 Å². The first-order valence-electron chi connectivity index (χ1n) is 7.74.